The SMILES string of the molecule is CCCNCCNC(=O)c1ccc(S(=O)(=O)NCCc2cccs2)cc1. The molecule has 0 saturated heterocycles. The summed E-state index contributed by atoms with van der Waals surface area (Å²) in [5, 5.41) is 7.97. The quantitative estimate of drug-likeness (QED) is 0.508. The average molecular weight is 396 g/mol. The first kappa shape index (κ1) is 20.6. The molecule has 0 bridgehead atoms. The van der Waals surface area contributed by atoms with Crippen molar-refractivity contribution in [1.29, 1.82) is 0 Å². The molecule has 1 amide bonds. The highest BCUT2D eigenvalue weighted by Crippen LogP contribution is 2.12. The Morgan fingerprint density at radius 3 is 2.46 bits per heavy atom. The Labute approximate surface area is 159 Å². The van der Waals surface area contributed by atoms with Gasteiger partial charge in [0.2, 0.25) is 10.0 Å². The number of sulfonamides is 1. The van der Waals surface area contributed by atoms with Crippen LogP contribution in [0.4, 0.5) is 0 Å². The van der Waals surface area contributed by atoms with E-state index in [4.69, 9.17) is 0 Å². The molecular formula is C18H25N3O3S2. The number of carbonyl (C=O) groups is 1. The van der Waals surface area contributed by atoms with Gasteiger partial charge in [-0.1, -0.05) is 13.0 Å². The molecule has 1 aromatic heterocycles. The molecule has 0 radical (unpaired) electrons. The van der Waals surface area contributed by atoms with Crippen LogP contribution >= 0.6 is 11.3 Å². The van der Waals surface area contributed by atoms with Crippen LogP contribution in [0.1, 0.15) is 28.6 Å². The van der Waals surface area contributed by atoms with Crippen LogP contribution in [0.5, 0.6) is 0 Å². The molecule has 1 aromatic carbocycles. The Bertz CT molecular complexity index is 773. The summed E-state index contributed by atoms with van der Waals surface area (Å²) in [4.78, 5) is 13.3. The molecule has 0 atom stereocenters. The molecule has 26 heavy (non-hydrogen) atoms. The van der Waals surface area contributed by atoms with E-state index in [0.29, 0.717) is 31.6 Å². The van der Waals surface area contributed by atoms with Crippen LogP contribution in [0.25, 0.3) is 0 Å². The van der Waals surface area contributed by atoms with Gasteiger partial charge in [-0.25, -0.2) is 13.1 Å². The van der Waals surface area contributed by atoms with Crippen LogP contribution in [-0.2, 0) is 16.4 Å². The zero-order valence-corrected chi connectivity index (χ0v) is 16.5. The Kier molecular flexibility index (Phi) is 8.24. The molecule has 0 aliphatic heterocycles. The largest absolute Gasteiger partial charge is 0.351 e. The van der Waals surface area contributed by atoms with Gasteiger partial charge >= 0.3 is 0 Å². The minimum atomic E-state index is -3.57. The van der Waals surface area contributed by atoms with E-state index in [2.05, 4.69) is 22.3 Å². The fourth-order valence-electron chi connectivity index (χ4n) is 2.30. The maximum Gasteiger partial charge on any atom is 0.251 e. The molecule has 0 aliphatic rings. The molecule has 6 nitrogen and oxygen atoms in total. The van der Waals surface area contributed by atoms with Crippen molar-refractivity contribution < 1.29 is 13.2 Å². The minimum absolute atomic E-state index is 0.157. The summed E-state index contributed by atoms with van der Waals surface area (Å²) in [5.41, 5.74) is 0.443. The number of hydrogen-bond donors (Lipinski definition) is 3. The van der Waals surface area contributed by atoms with Gasteiger partial charge in [0.25, 0.3) is 5.91 Å². The second kappa shape index (κ2) is 10.4. The first-order valence-electron chi connectivity index (χ1n) is 8.64. The van der Waals surface area contributed by atoms with Crippen molar-refractivity contribution in [1.82, 2.24) is 15.4 Å². The Hall–Kier alpha value is -1.74. The van der Waals surface area contributed by atoms with Gasteiger partial charge in [0.05, 0.1) is 4.90 Å². The summed E-state index contributed by atoms with van der Waals surface area (Å²) in [6.07, 6.45) is 1.70. The van der Waals surface area contributed by atoms with E-state index in [1.807, 2.05) is 17.5 Å². The molecule has 0 saturated carbocycles. The number of thiophene rings is 1. The van der Waals surface area contributed by atoms with Gasteiger partial charge in [-0.15, -0.1) is 11.3 Å². The number of amides is 1. The molecular weight excluding hydrogens is 370 g/mol. The summed E-state index contributed by atoms with van der Waals surface area (Å²) in [6, 6.07) is 9.89. The molecule has 3 N–H and O–H groups in total. The first-order chi connectivity index (χ1) is 12.5. The highest BCUT2D eigenvalue weighted by Gasteiger charge is 2.14. The van der Waals surface area contributed by atoms with E-state index in [1.165, 1.54) is 24.3 Å². The molecule has 1 heterocycles. The minimum Gasteiger partial charge on any atom is -0.351 e. The maximum absolute atomic E-state index is 12.3. The number of nitrogens with one attached hydrogen (secondary N) is 3. The molecule has 2 rings (SSSR count). The Morgan fingerprint density at radius 1 is 1.04 bits per heavy atom. The van der Waals surface area contributed by atoms with E-state index < -0.39 is 10.0 Å². The number of hydrogen-bond acceptors (Lipinski definition) is 5. The molecule has 142 valence electrons. The van der Waals surface area contributed by atoms with E-state index in [1.54, 1.807) is 11.3 Å². The van der Waals surface area contributed by atoms with Gasteiger partial charge in [0.1, 0.15) is 0 Å². The first-order valence-corrected chi connectivity index (χ1v) is 11.0. The van der Waals surface area contributed by atoms with Crippen molar-refractivity contribution in [2.75, 3.05) is 26.2 Å². The van der Waals surface area contributed by atoms with Crippen molar-refractivity contribution >= 4 is 27.3 Å². The zero-order valence-electron chi connectivity index (χ0n) is 14.8. The monoisotopic (exact) mass is 395 g/mol. The molecule has 0 unspecified atom stereocenters. The topological polar surface area (TPSA) is 87.3 Å². The Balaban J connectivity index is 1.83. The van der Waals surface area contributed by atoms with Gasteiger partial charge in [-0.2, -0.15) is 0 Å². The van der Waals surface area contributed by atoms with Crippen LogP contribution in [0.3, 0.4) is 0 Å². The Morgan fingerprint density at radius 2 is 1.81 bits per heavy atom. The lowest BCUT2D eigenvalue weighted by Gasteiger charge is -2.08. The van der Waals surface area contributed by atoms with Crippen molar-refractivity contribution in [3.8, 4) is 0 Å². The second-order valence-electron chi connectivity index (χ2n) is 5.76. The molecule has 2 aromatic rings. The van der Waals surface area contributed by atoms with Gasteiger partial charge in [0, 0.05) is 30.1 Å². The van der Waals surface area contributed by atoms with E-state index in [9.17, 15) is 13.2 Å². The zero-order chi connectivity index (χ0) is 18.8. The van der Waals surface area contributed by atoms with Gasteiger partial charge < -0.3 is 10.6 Å². The third kappa shape index (κ3) is 6.53. The molecule has 0 aliphatic carbocycles. The lowest BCUT2D eigenvalue weighted by Crippen LogP contribution is -2.32. The molecule has 8 heteroatoms. The molecule has 0 spiro atoms. The predicted molar refractivity (Wildman–Crippen MR) is 105 cm³/mol. The summed E-state index contributed by atoms with van der Waals surface area (Å²) < 4.78 is 27.2. The fraction of sp³-hybridized carbons (Fsp3) is 0.389. The summed E-state index contributed by atoms with van der Waals surface area (Å²) in [7, 11) is -3.57. The normalized spacial score (nSPS) is 11.4. The second-order valence-corrected chi connectivity index (χ2v) is 8.56. The predicted octanol–water partition coefficient (Wildman–Crippen LogP) is 2.00. The van der Waals surface area contributed by atoms with Crippen molar-refractivity contribution in [3.63, 3.8) is 0 Å². The maximum atomic E-state index is 12.3. The van der Waals surface area contributed by atoms with Crippen LogP contribution in [-0.4, -0.2) is 40.5 Å². The summed E-state index contributed by atoms with van der Waals surface area (Å²) in [5.74, 6) is -0.210. The lowest BCUT2D eigenvalue weighted by atomic mass is 10.2. The third-order valence-corrected chi connectivity index (χ3v) is 6.10. The third-order valence-electron chi connectivity index (χ3n) is 3.68. The van der Waals surface area contributed by atoms with Crippen LogP contribution < -0.4 is 15.4 Å². The number of benzene rings is 1. The van der Waals surface area contributed by atoms with E-state index in [-0.39, 0.29) is 10.8 Å². The molecule has 0 fully saturated rings. The summed E-state index contributed by atoms with van der Waals surface area (Å²) in [6.45, 7) is 4.58. The van der Waals surface area contributed by atoms with Gasteiger partial charge in [0.15, 0.2) is 0 Å². The van der Waals surface area contributed by atoms with Gasteiger partial charge in [-0.05, 0) is 55.1 Å². The highest BCUT2D eigenvalue weighted by molar-refractivity contribution is 7.89. The number of rotatable bonds is 11. The van der Waals surface area contributed by atoms with Crippen molar-refractivity contribution in [3.05, 3.63) is 52.2 Å². The van der Waals surface area contributed by atoms with Crippen molar-refractivity contribution in [2.24, 2.45) is 0 Å². The van der Waals surface area contributed by atoms with Crippen molar-refractivity contribution in [2.45, 2.75) is 24.7 Å². The fourth-order valence-corrected chi connectivity index (χ4v) is 4.04. The summed E-state index contributed by atoms with van der Waals surface area (Å²) >= 11 is 1.60. The highest BCUT2D eigenvalue weighted by atomic mass is 32.2. The standard InChI is InChI=1S/C18H25N3O3S2/c1-2-10-19-12-13-20-18(22)15-5-7-17(8-6-15)26(23,24)21-11-9-16-4-3-14-25-16/h3-8,14,19,21H,2,9-13H2,1H3,(H,20,22). The van der Waals surface area contributed by atoms with E-state index in [0.717, 1.165) is 17.8 Å². The smallest absolute Gasteiger partial charge is 0.251 e. The van der Waals surface area contributed by atoms with Crippen LogP contribution in [0, 0.1) is 0 Å². The van der Waals surface area contributed by atoms with Gasteiger partial charge in [-0.3, -0.25) is 4.79 Å². The van der Waals surface area contributed by atoms with Crippen LogP contribution in [0.15, 0.2) is 46.7 Å². The average Bonchev–Trinajstić information content (AvgIpc) is 3.15. The van der Waals surface area contributed by atoms with Crippen LogP contribution in [0.2, 0.25) is 0 Å². The lowest BCUT2D eigenvalue weighted by molar-refractivity contribution is 0.0954. The van der Waals surface area contributed by atoms with E-state index >= 15 is 0 Å². The number of carbonyl (C=O) groups excluding carboxylic acids is 1.